The molecule has 130 valence electrons. The lowest BCUT2D eigenvalue weighted by atomic mass is 10.1. The maximum Gasteiger partial charge on any atom is 0.240 e. The van der Waals surface area contributed by atoms with E-state index in [-0.39, 0.29) is 11.4 Å². The van der Waals surface area contributed by atoms with Gasteiger partial charge in [0.05, 0.1) is 31.8 Å². The van der Waals surface area contributed by atoms with Crippen molar-refractivity contribution in [1.29, 1.82) is 0 Å². The molecule has 0 aromatic heterocycles. The van der Waals surface area contributed by atoms with Crippen molar-refractivity contribution < 1.29 is 22.6 Å². The van der Waals surface area contributed by atoms with E-state index < -0.39 is 10.0 Å². The van der Waals surface area contributed by atoms with Gasteiger partial charge in [0.15, 0.2) is 0 Å². The van der Waals surface area contributed by atoms with E-state index in [9.17, 15) is 8.42 Å². The van der Waals surface area contributed by atoms with E-state index in [1.165, 1.54) is 33.5 Å². The fraction of sp³-hybridized carbons (Fsp3) is 0.250. The molecule has 0 saturated carbocycles. The molecule has 2 aromatic rings. The summed E-state index contributed by atoms with van der Waals surface area (Å²) in [5, 5.41) is 0. The summed E-state index contributed by atoms with van der Waals surface area (Å²) < 4.78 is 43.1. The minimum atomic E-state index is -3.72. The molecule has 0 aliphatic rings. The van der Waals surface area contributed by atoms with Gasteiger partial charge in [-0.15, -0.1) is 0 Å². The molecular formula is C16H20N2O5S. The van der Waals surface area contributed by atoms with Gasteiger partial charge in [-0.2, -0.15) is 0 Å². The molecule has 3 N–H and O–H groups in total. The lowest BCUT2D eigenvalue weighted by Gasteiger charge is -2.15. The first-order chi connectivity index (χ1) is 11.4. The predicted octanol–water partition coefficient (Wildman–Crippen LogP) is 1.77. The molecule has 0 bridgehead atoms. The number of benzene rings is 2. The van der Waals surface area contributed by atoms with Gasteiger partial charge in [0, 0.05) is 24.4 Å². The molecule has 8 heteroatoms. The number of nitrogens with two attached hydrogens (primary N) is 1. The molecule has 2 aromatic carbocycles. The molecule has 0 fully saturated rings. The quantitative estimate of drug-likeness (QED) is 0.737. The van der Waals surface area contributed by atoms with E-state index in [1.807, 2.05) is 0 Å². The number of methoxy groups -OCH3 is 3. The molecule has 7 nitrogen and oxygen atoms in total. The van der Waals surface area contributed by atoms with Gasteiger partial charge in [-0.1, -0.05) is 6.07 Å². The van der Waals surface area contributed by atoms with Crippen LogP contribution in [0.2, 0.25) is 0 Å². The van der Waals surface area contributed by atoms with Crippen molar-refractivity contribution >= 4 is 15.7 Å². The highest BCUT2D eigenvalue weighted by Crippen LogP contribution is 2.34. The van der Waals surface area contributed by atoms with Crippen LogP contribution in [0.15, 0.2) is 41.3 Å². The molecule has 0 saturated heterocycles. The summed E-state index contributed by atoms with van der Waals surface area (Å²) in [6.07, 6.45) is 0. The highest BCUT2D eigenvalue weighted by atomic mass is 32.2. The standard InChI is InChI=1S/C16H20N2O5S/c1-21-12-8-15(22-2)14(16(9-12)23-3)10-18-24(19,20)13-6-4-5-11(17)7-13/h4-9,18H,10,17H2,1-3H3. The van der Waals surface area contributed by atoms with Gasteiger partial charge in [-0.3, -0.25) is 0 Å². The summed E-state index contributed by atoms with van der Waals surface area (Å²) in [7, 11) is 0.786. The Bertz CT molecular complexity index is 796. The molecule has 0 unspecified atom stereocenters. The largest absolute Gasteiger partial charge is 0.496 e. The molecule has 0 heterocycles. The Morgan fingerprint density at radius 1 is 1.00 bits per heavy atom. The number of nitrogen functional groups attached to an aromatic ring is 1. The molecule has 0 spiro atoms. The highest BCUT2D eigenvalue weighted by molar-refractivity contribution is 7.89. The zero-order chi connectivity index (χ0) is 17.7. The van der Waals surface area contributed by atoms with Crippen LogP contribution in [0, 0.1) is 0 Å². The number of hydrogen-bond acceptors (Lipinski definition) is 6. The summed E-state index contributed by atoms with van der Waals surface area (Å²) in [5.41, 5.74) is 6.58. The maximum absolute atomic E-state index is 12.4. The van der Waals surface area contributed by atoms with Crippen molar-refractivity contribution in [3.05, 3.63) is 42.0 Å². The van der Waals surface area contributed by atoms with Crippen LogP contribution < -0.4 is 24.7 Å². The summed E-state index contributed by atoms with van der Waals surface area (Å²) in [6, 6.07) is 9.39. The van der Waals surface area contributed by atoms with Crippen molar-refractivity contribution in [2.24, 2.45) is 0 Å². The van der Waals surface area contributed by atoms with Gasteiger partial charge in [0.25, 0.3) is 0 Å². The molecule has 0 atom stereocenters. The first-order valence-corrected chi connectivity index (χ1v) is 8.53. The number of sulfonamides is 1. The lowest BCUT2D eigenvalue weighted by Crippen LogP contribution is -2.24. The normalized spacial score (nSPS) is 11.1. The van der Waals surface area contributed by atoms with Crippen LogP contribution in [0.25, 0.3) is 0 Å². The van der Waals surface area contributed by atoms with Crippen LogP contribution in [0.4, 0.5) is 5.69 Å². The number of anilines is 1. The Kier molecular flexibility index (Phi) is 5.53. The van der Waals surface area contributed by atoms with E-state index in [2.05, 4.69) is 4.72 Å². The van der Waals surface area contributed by atoms with Gasteiger partial charge < -0.3 is 19.9 Å². The van der Waals surface area contributed by atoms with E-state index in [4.69, 9.17) is 19.9 Å². The number of hydrogen-bond donors (Lipinski definition) is 2. The monoisotopic (exact) mass is 352 g/mol. The fourth-order valence-corrected chi connectivity index (χ4v) is 3.23. The third kappa shape index (κ3) is 3.90. The second-order valence-corrected chi connectivity index (χ2v) is 6.67. The van der Waals surface area contributed by atoms with Gasteiger partial charge >= 0.3 is 0 Å². The minimum absolute atomic E-state index is 0.00647. The summed E-state index contributed by atoms with van der Waals surface area (Å²) in [5.74, 6) is 1.47. The highest BCUT2D eigenvalue weighted by Gasteiger charge is 2.18. The van der Waals surface area contributed by atoms with Crippen LogP contribution in [0.1, 0.15) is 5.56 Å². The van der Waals surface area contributed by atoms with Gasteiger partial charge in [-0.05, 0) is 18.2 Å². The van der Waals surface area contributed by atoms with Gasteiger partial charge in [-0.25, -0.2) is 13.1 Å². The van der Waals surface area contributed by atoms with E-state index in [0.29, 0.717) is 28.5 Å². The van der Waals surface area contributed by atoms with Gasteiger partial charge in [0.1, 0.15) is 17.2 Å². The average molecular weight is 352 g/mol. The zero-order valence-electron chi connectivity index (χ0n) is 13.7. The molecule has 2 rings (SSSR count). The molecule has 24 heavy (non-hydrogen) atoms. The van der Waals surface area contributed by atoms with E-state index in [1.54, 1.807) is 24.3 Å². The number of rotatable bonds is 7. The maximum atomic E-state index is 12.4. The molecule has 0 aliphatic carbocycles. The minimum Gasteiger partial charge on any atom is -0.496 e. The molecule has 0 aliphatic heterocycles. The number of nitrogens with one attached hydrogen (secondary N) is 1. The Morgan fingerprint density at radius 3 is 2.12 bits per heavy atom. The Morgan fingerprint density at radius 2 is 1.62 bits per heavy atom. The fourth-order valence-electron chi connectivity index (χ4n) is 2.18. The summed E-state index contributed by atoms with van der Waals surface area (Å²) >= 11 is 0. The Labute approximate surface area is 141 Å². The van der Waals surface area contributed by atoms with E-state index in [0.717, 1.165) is 0 Å². The molecule has 0 amide bonds. The van der Waals surface area contributed by atoms with Crippen LogP contribution >= 0.6 is 0 Å². The van der Waals surface area contributed by atoms with Crippen molar-refractivity contribution in [2.75, 3.05) is 27.1 Å². The van der Waals surface area contributed by atoms with Crippen molar-refractivity contribution in [3.8, 4) is 17.2 Å². The summed E-state index contributed by atoms with van der Waals surface area (Å²) in [4.78, 5) is 0.0916. The van der Waals surface area contributed by atoms with Crippen molar-refractivity contribution in [3.63, 3.8) is 0 Å². The van der Waals surface area contributed by atoms with Crippen LogP contribution in [-0.2, 0) is 16.6 Å². The third-order valence-corrected chi connectivity index (χ3v) is 4.82. The average Bonchev–Trinajstić information content (AvgIpc) is 2.59. The smallest absolute Gasteiger partial charge is 0.240 e. The second-order valence-electron chi connectivity index (χ2n) is 4.91. The molecular weight excluding hydrogens is 332 g/mol. The van der Waals surface area contributed by atoms with E-state index >= 15 is 0 Å². The Balaban J connectivity index is 2.31. The van der Waals surface area contributed by atoms with Crippen LogP contribution in [-0.4, -0.2) is 29.7 Å². The summed E-state index contributed by atoms with van der Waals surface area (Å²) in [6.45, 7) is -0.00647. The topological polar surface area (TPSA) is 99.9 Å². The SMILES string of the molecule is COc1cc(OC)c(CNS(=O)(=O)c2cccc(N)c2)c(OC)c1. The van der Waals surface area contributed by atoms with Crippen molar-refractivity contribution in [2.45, 2.75) is 11.4 Å². The first-order valence-electron chi connectivity index (χ1n) is 7.05. The van der Waals surface area contributed by atoms with Gasteiger partial charge in [0.2, 0.25) is 10.0 Å². The Hall–Kier alpha value is -2.45. The predicted molar refractivity (Wildman–Crippen MR) is 91.0 cm³/mol. The molecule has 0 radical (unpaired) electrons. The number of ether oxygens (including phenoxy) is 3. The van der Waals surface area contributed by atoms with Crippen molar-refractivity contribution in [1.82, 2.24) is 4.72 Å². The lowest BCUT2D eigenvalue weighted by molar-refractivity contribution is 0.368. The zero-order valence-corrected chi connectivity index (χ0v) is 14.5. The third-order valence-electron chi connectivity index (χ3n) is 3.42. The van der Waals surface area contributed by atoms with Crippen LogP contribution in [0.5, 0.6) is 17.2 Å². The van der Waals surface area contributed by atoms with Crippen LogP contribution in [0.3, 0.4) is 0 Å². The first kappa shape index (κ1) is 17.9. The second kappa shape index (κ2) is 7.41.